The van der Waals surface area contributed by atoms with E-state index < -0.39 is 11.1 Å². The van der Waals surface area contributed by atoms with Gasteiger partial charge in [-0.1, -0.05) is 60.7 Å². The third kappa shape index (κ3) is 1.35. The van der Waals surface area contributed by atoms with Crippen LogP contribution in [-0.4, -0.2) is 12.0 Å². The Bertz CT molecular complexity index is 525. The van der Waals surface area contributed by atoms with Crippen LogP contribution in [0.3, 0.4) is 0 Å². The molecule has 0 aromatic heterocycles. The Morgan fingerprint density at radius 2 is 1.33 bits per heavy atom. The third-order valence-electron chi connectivity index (χ3n) is 3.83. The van der Waals surface area contributed by atoms with Crippen LogP contribution >= 0.6 is 0 Å². The van der Waals surface area contributed by atoms with Crippen molar-refractivity contribution in [3.8, 4) is 0 Å². The second kappa shape index (κ2) is 3.77. The lowest BCUT2D eigenvalue weighted by molar-refractivity contribution is -0.113. The summed E-state index contributed by atoms with van der Waals surface area (Å²) >= 11 is 0. The standard InChI is InChI=1S/C16H13FO/c17-15(12-18)11-16(15,13-7-3-1-4-8-13)14-9-5-2-6-10-14/h1-10,12H,11H2. The number of halogens is 1. The number of benzene rings is 2. The fourth-order valence-corrected chi connectivity index (χ4v) is 2.78. The molecule has 0 spiro atoms. The zero-order valence-corrected chi connectivity index (χ0v) is 9.84. The van der Waals surface area contributed by atoms with Gasteiger partial charge in [-0.3, -0.25) is 4.79 Å². The van der Waals surface area contributed by atoms with Gasteiger partial charge in [-0.15, -0.1) is 0 Å². The third-order valence-corrected chi connectivity index (χ3v) is 3.83. The predicted molar refractivity (Wildman–Crippen MR) is 68.2 cm³/mol. The van der Waals surface area contributed by atoms with Crippen LogP contribution in [0.4, 0.5) is 4.39 Å². The van der Waals surface area contributed by atoms with Gasteiger partial charge in [0, 0.05) is 6.42 Å². The van der Waals surface area contributed by atoms with Crippen LogP contribution in [0.1, 0.15) is 17.5 Å². The van der Waals surface area contributed by atoms with Crippen molar-refractivity contribution in [2.24, 2.45) is 0 Å². The van der Waals surface area contributed by atoms with Gasteiger partial charge in [0.25, 0.3) is 0 Å². The lowest BCUT2D eigenvalue weighted by Gasteiger charge is -2.18. The summed E-state index contributed by atoms with van der Waals surface area (Å²) in [5, 5.41) is 0. The quantitative estimate of drug-likeness (QED) is 0.752. The summed E-state index contributed by atoms with van der Waals surface area (Å²) < 4.78 is 14.6. The zero-order chi connectivity index (χ0) is 12.6. The minimum atomic E-state index is -1.77. The fourth-order valence-electron chi connectivity index (χ4n) is 2.78. The summed E-state index contributed by atoms with van der Waals surface area (Å²) in [5.41, 5.74) is -0.830. The van der Waals surface area contributed by atoms with E-state index in [-0.39, 0.29) is 6.42 Å². The van der Waals surface area contributed by atoms with E-state index in [9.17, 15) is 9.18 Å². The van der Waals surface area contributed by atoms with Crippen LogP contribution in [0.25, 0.3) is 0 Å². The van der Waals surface area contributed by atoms with Crippen molar-refractivity contribution in [1.29, 1.82) is 0 Å². The van der Waals surface area contributed by atoms with Crippen molar-refractivity contribution in [3.63, 3.8) is 0 Å². The number of hydrogen-bond donors (Lipinski definition) is 0. The predicted octanol–water partition coefficient (Wildman–Crippen LogP) is 3.28. The van der Waals surface area contributed by atoms with E-state index in [1.807, 2.05) is 60.7 Å². The molecule has 0 bridgehead atoms. The second-order valence-electron chi connectivity index (χ2n) is 4.79. The first-order valence-corrected chi connectivity index (χ1v) is 5.99. The molecule has 1 aliphatic carbocycles. The van der Waals surface area contributed by atoms with Gasteiger partial charge in [-0.25, -0.2) is 4.39 Å². The maximum absolute atomic E-state index is 14.6. The number of carbonyl (C=O) groups excluding carboxylic acids is 1. The topological polar surface area (TPSA) is 17.1 Å². The summed E-state index contributed by atoms with van der Waals surface area (Å²) in [4.78, 5) is 11.1. The molecule has 0 saturated heterocycles. The molecule has 1 aliphatic rings. The van der Waals surface area contributed by atoms with Crippen LogP contribution in [0.2, 0.25) is 0 Å². The van der Waals surface area contributed by atoms with Crippen LogP contribution < -0.4 is 0 Å². The monoisotopic (exact) mass is 240 g/mol. The van der Waals surface area contributed by atoms with Gasteiger partial charge < -0.3 is 0 Å². The highest BCUT2D eigenvalue weighted by Gasteiger charge is 2.71. The van der Waals surface area contributed by atoms with E-state index in [2.05, 4.69) is 0 Å². The summed E-state index contributed by atoms with van der Waals surface area (Å²) in [7, 11) is 0. The van der Waals surface area contributed by atoms with E-state index in [4.69, 9.17) is 0 Å². The Morgan fingerprint density at radius 1 is 0.889 bits per heavy atom. The lowest BCUT2D eigenvalue weighted by Crippen LogP contribution is -2.22. The zero-order valence-electron chi connectivity index (χ0n) is 9.84. The molecule has 1 saturated carbocycles. The average Bonchev–Trinajstić information content (AvgIpc) is 3.09. The van der Waals surface area contributed by atoms with Gasteiger partial charge in [0.05, 0.1) is 5.41 Å². The highest BCUT2D eigenvalue weighted by atomic mass is 19.1. The first-order chi connectivity index (χ1) is 8.73. The van der Waals surface area contributed by atoms with E-state index in [0.29, 0.717) is 6.29 Å². The molecule has 1 nitrogen and oxygen atoms in total. The minimum Gasteiger partial charge on any atom is -0.300 e. The molecular formula is C16H13FO. The second-order valence-corrected chi connectivity index (χ2v) is 4.79. The van der Waals surface area contributed by atoms with Gasteiger partial charge in [0.1, 0.15) is 0 Å². The van der Waals surface area contributed by atoms with E-state index in [0.717, 1.165) is 11.1 Å². The van der Waals surface area contributed by atoms with Crippen LogP contribution in [-0.2, 0) is 10.2 Å². The highest BCUT2D eigenvalue weighted by Crippen LogP contribution is 2.63. The molecule has 0 aliphatic heterocycles. The maximum atomic E-state index is 14.6. The van der Waals surface area contributed by atoms with Gasteiger partial charge in [0.15, 0.2) is 12.0 Å². The molecule has 3 rings (SSSR count). The molecule has 1 fully saturated rings. The number of rotatable bonds is 3. The van der Waals surface area contributed by atoms with Crippen molar-refractivity contribution in [1.82, 2.24) is 0 Å². The van der Waals surface area contributed by atoms with E-state index in [1.54, 1.807) is 0 Å². The number of hydrogen-bond acceptors (Lipinski definition) is 1. The molecule has 0 heterocycles. The smallest absolute Gasteiger partial charge is 0.180 e. The normalized spacial score (nSPS) is 24.5. The molecule has 90 valence electrons. The summed E-state index contributed by atoms with van der Waals surface area (Å²) in [6, 6.07) is 18.8. The molecule has 18 heavy (non-hydrogen) atoms. The highest BCUT2D eigenvalue weighted by molar-refractivity contribution is 5.77. The Labute approximate surface area is 105 Å². The molecule has 0 amide bonds. The first-order valence-electron chi connectivity index (χ1n) is 5.99. The van der Waals surface area contributed by atoms with E-state index in [1.165, 1.54) is 0 Å². The Morgan fingerprint density at radius 3 is 1.67 bits per heavy atom. The molecule has 2 heteroatoms. The van der Waals surface area contributed by atoms with Crippen LogP contribution in [0.5, 0.6) is 0 Å². The maximum Gasteiger partial charge on any atom is 0.180 e. The SMILES string of the molecule is O=CC1(F)CC1(c1ccccc1)c1ccccc1. The molecule has 0 radical (unpaired) electrons. The Kier molecular flexibility index (Phi) is 2.34. The van der Waals surface area contributed by atoms with Crippen molar-refractivity contribution in [3.05, 3.63) is 71.8 Å². The van der Waals surface area contributed by atoms with Gasteiger partial charge in [-0.2, -0.15) is 0 Å². The Hall–Kier alpha value is -1.96. The lowest BCUT2D eigenvalue weighted by atomic mass is 9.85. The number of carbonyl (C=O) groups is 1. The van der Waals surface area contributed by atoms with Crippen molar-refractivity contribution in [2.45, 2.75) is 17.5 Å². The summed E-state index contributed by atoms with van der Waals surface area (Å²) in [6.45, 7) is 0. The fraction of sp³-hybridized carbons (Fsp3) is 0.188. The van der Waals surface area contributed by atoms with Gasteiger partial charge in [-0.05, 0) is 11.1 Å². The number of alkyl halides is 1. The minimum absolute atomic E-state index is 0.234. The molecule has 0 N–H and O–H groups in total. The largest absolute Gasteiger partial charge is 0.300 e. The van der Waals surface area contributed by atoms with Crippen LogP contribution in [0, 0.1) is 0 Å². The van der Waals surface area contributed by atoms with Gasteiger partial charge >= 0.3 is 0 Å². The van der Waals surface area contributed by atoms with Crippen LogP contribution in [0.15, 0.2) is 60.7 Å². The Balaban J connectivity index is 2.17. The summed E-state index contributed by atoms with van der Waals surface area (Å²) in [5.74, 6) is 0. The van der Waals surface area contributed by atoms with Gasteiger partial charge in [0.2, 0.25) is 0 Å². The van der Waals surface area contributed by atoms with Crippen molar-refractivity contribution < 1.29 is 9.18 Å². The van der Waals surface area contributed by atoms with Crippen molar-refractivity contribution >= 4 is 6.29 Å². The molecule has 1 unspecified atom stereocenters. The average molecular weight is 240 g/mol. The molecule has 1 atom stereocenters. The van der Waals surface area contributed by atoms with Crippen molar-refractivity contribution in [2.75, 3.05) is 0 Å². The molecule has 2 aromatic rings. The molecular weight excluding hydrogens is 227 g/mol. The number of aldehydes is 1. The summed E-state index contributed by atoms with van der Waals surface area (Å²) in [6.07, 6.45) is 0.685. The first kappa shape index (κ1) is 11.1. The van der Waals surface area contributed by atoms with E-state index >= 15 is 0 Å². The molecule has 2 aromatic carbocycles.